The van der Waals surface area contributed by atoms with Crippen molar-refractivity contribution in [2.24, 2.45) is 18.9 Å². The van der Waals surface area contributed by atoms with Gasteiger partial charge in [-0.15, -0.1) is 0 Å². The van der Waals surface area contributed by atoms with Gasteiger partial charge in [-0.25, -0.2) is 4.39 Å². The van der Waals surface area contributed by atoms with Gasteiger partial charge in [-0.3, -0.25) is 14.3 Å². The van der Waals surface area contributed by atoms with E-state index in [1.54, 1.807) is 39.9 Å². The Bertz CT molecular complexity index is 1050. The molecule has 3 aliphatic heterocycles. The SMILES string of the molecule is CN(CCc1cnn(C)c1)C(=O)[C@@H]1[C@@H]2C=C[C@@]3(CN(Cc4ccc(F)cc4)C(=O)[C@H]13)O2. The Kier molecular flexibility index (Phi) is 4.69. The Hall–Kier alpha value is -3.00. The summed E-state index contributed by atoms with van der Waals surface area (Å²) in [6.07, 6.45) is 7.93. The van der Waals surface area contributed by atoms with Gasteiger partial charge in [-0.1, -0.05) is 24.3 Å². The summed E-state index contributed by atoms with van der Waals surface area (Å²) in [6, 6.07) is 6.13. The van der Waals surface area contributed by atoms with Crippen molar-refractivity contribution in [1.29, 1.82) is 0 Å². The molecule has 0 aliphatic carbocycles. The van der Waals surface area contributed by atoms with E-state index in [0.29, 0.717) is 26.1 Å². The van der Waals surface area contributed by atoms with Gasteiger partial charge in [0.2, 0.25) is 11.8 Å². The summed E-state index contributed by atoms with van der Waals surface area (Å²) in [4.78, 5) is 30.1. The van der Waals surface area contributed by atoms with Gasteiger partial charge >= 0.3 is 0 Å². The van der Waals surface area contributed by atoms with Crippen LogP contribution in [-0.4, -0.2) is 63.2 Å². The predicted molar refractivity (Wildman–Crippen MR) is 110 cm³/mol. The van der Waals surface area contributed by atoms with Crippen LogP contribution in [0.1, 0.15) is 11.1 Å². The Balaban J connectivity index is 1.30. The standard InChI is InChI=1S/C23H25FN4O3/c1-26(10-8-16-11-25-27(2)12-16)21(29)19-18-7-9-23(31-18)14-28(22(30)20(19)23)13-15-3-5-17(24)6-4-15/h3-7,9,11-12,18-20H,8,10,13-14H2,1-2H3/t18-,19+,20-,23-/m0/s1. The number of ether oxygens (including phenoxy) is 1. The van der Waals surface area contributed by atoms with Crippen LogP contribution in [0.15, 0.2) is 48.8 Å². The Morgan fingerprint density at radius 2 is 2.10 bits per heavy atom. The summed E-state index contributed by atoms with van der Waals surface area (Å²) in [5.74, 6) is -1.49. The number of hydrogen-bond donors (Lipinski definition) is 0. The molecule has 7 nitrogen and oxygen atoms in total. The molecule has 1 spiro atoms. The van der Waals surface area contributed by atoms with E-state index in [-0.39, 0.29) is 23.7 Å². The van der Waals surface area contributed by atoms with E-state index in [2.05, 4.69) is 5.10 Å². The molecule has 4 atom stereocenters. The molecule has 4 heterocycles. The fourth-order valence-electron chi connectivity index (χ4n) is 5.07. The number of aromatic nitrogens is 2. The van der Waals surface area contributed by atoms with E-state index in [1.165, 1.54) is 12.1 Å². The van der Waals surface area contributed by atoms with Gasteiger partial charge < -0.3 is 14.5 Å². The number of likely N-dealkylation sites (N-methyl/N-ethyl adjacent to an activating group) is 1. The first kappa shape index (κ1) is 19.9. The lowest BCUT2D eigenvalue weighted by molar-refractivity contribution is -0.142. The van der Waals surface area contributed by atoms with E-state index >= 15 is 0 Å². The van der Waals surface area contributed by atoms with E-state index < -0.39 is 17.4 Å². The smallest absolute Gasteiger partial charge is 0.230 e. The summed E-state index contributed by atoms with van der Waals surface area (Å²) < 4.78 is 21.2. The van der Waals surface area contributed by atoms with Crippen LogP contribution < -0.4 is 0 Å². The van der Waals surface area contributed by atoms with Gasteiger partial charge in [-0.05, 0) is 29.7 Å². The number of fused-ring (bicyclic) bond motifs is 1. The highest BCUT2D eigenvalue weighted by molar-refractivity contribution is 5.93. The quantitative estimate of drug-likeness (QED) is 0.660. The Labute approximate surface area is 180 Å². The van der Waals surface area contributed by atoms with Crippen LogP contribution in [-0.2, 0) is 34.3 Å². The molecule has 2 bridgehead atoms. The average Bonchev–Trinajstić information content (AvgIpc) is 3.49. The fraction of sp³-hybridized carbons (Fsp3) is 0.435. The number of benzene rings is 1. The van der Waals surface area contributed by atoms with Gasteiger partial charge in [0.05, 0.1) is 30.7 Å². The third kappa shape index (κ3) is 3.35. The van der Waals surface area contributed by atoms with Crippen LogP contribution in [0.2, 0.25) is 0 Å². The molecule has 2 aromatic rings. The lowest BCUT2D eigenvalue weighted by Crippen LogP contribution is -2.45. The molecule has 8 heteroatoms. The van der Waals surface area contributed by atoms with Crippen LogP contribution in [0.5, 0.6) is 0 Å². The maximum absolute atomic E-state index is 13.3. The first-order valence-corrected chi connectivity index (χ1v) is 10.5. The second kappa shape index (κ2) is 7.30. The zero-order valence-corrected chi connectivity index (χ0v) is 17.6. The molecular formula is C23H25FN4O3. The van der Waals surface area contributed by atoms with E-state index in [9.17, 15) is 14.0 Å². The van der Waals surface area contributed by atoms with Crippen molar-refractivity contribution in [3.63, 3.8) is 0 Å². The van der Waals surface area contributed by atoms with Crippen molar-refractivity contribution in [1.82, 2.24) is 19.6 Å². The second-order valence-electron chi connectivity index (χ2n) is 8.75. The van der Waals surface area contributed by atoms with Gasteiger partial charge in [0, 0.05) is 33.4 Å². The minimum absolute atomic E-state index is 0.0675. The molecule has 1 aromatic carbocycles. The number of halogens is 1. The highest BCUT2D eigenvalue weighted by atomic mass is 19.1. The number of amides is 2. The zero-order valence-electron chi connectivity index (χ0n) is 17.6. The predicted octanol–water partition coefficient (Wildman–Crippen LogP) is 1.54. The lowest BCUT2D eigenvalue weighted by atomic mass is 9.76. The molecule has 31 heavy (non-hydrogen) atoms. The van der Waals surface area contributed by atoms with Gasteiger partial charge in [0.25, 0.3) is 0 Å². The number of aryl methyl sites for hydroxylation is 1. The first-order valence-electron chi connectivity index (χ1n) is 10.5. The Morgan fingerprint density at radius 3 is 2.81 bits per heavy atom. The van der Waals surface area contributed by atoms with E-state index in [0.717, 1.165) is 11.1 Å². The molecule has 2 amide bonds. The maximum Gasteiger partial charge on any atom is 0.230 e. The largest absolute Gasteiger partial charge is 0.360 e. The molecule has 2 fully saturated rings. The average molecular weight is 424 g/mol. The summed E-state index contributed by atoms with van der Waals surface area (Å²) in [6.45, 7) is 1.33. The molecule has 0 radical (unpaired) electrons. The van der Waals surface area contributed by atoms with Gasteiger partial charge in [0.15, 0.2) is 0 Å². The van der Waals surface area contributed by atoms with Gasteiger partial charge in [0.1, 0.15) is 11.4 Å². The zero-order chi connectivity index (χ0) is 21.8. The third-order valence-corrected chi connectivity index (χ3v) is 6.62. The molecule has 1 aromatic heterocycles. The second-order valence-corrected chi connectivity index (χ2v) is 8.75. The van der Waals surface area contributed by atoms with Crippen molar-refractivity contribution in [3.05, 3.63) is 65.8 Å². The van der Waals surface area contributed by atoms with E-state index in [1.807, 2.05) is 25.4 Å². The number of nitrogens with zero attached hydrogens (tertiary/aromatic N) is 4. The topological polar surface area (TPSA) is 67.7 Å². The van der Waals surface area contributed by atoms with Gasteiger partial charge in [-0.2, -0.15) is 5.10 Å². The van der Waals surface area contributed by atoms with Crippen molar-refractivity contribution in [3.8, 4) is 0 Å². The minimum Gasteiger partial charge on any atom is -0.360 e. The summed E-state index contributed by atoms with van der Waals surface area (Å²) >= 11 is 0. The molecule has 5 rings (SSSR count). The number of carbonyl (C=O) groups excluding carboxylic acids is 2. The number of carbonyl (C=O) groups is 2. The van der Waals surface area contributed by atoms with Crippen molar-refractivity contribution in [2.75, 3.05) is 20.1 Å². The summed E-state index contributed by atoms with van der Waals surface area (Å²) in [5.41, 5.74) is 1.16. The van der Waals surface area contributed by atoms with E-state index in [4.69, 9.17) is 4.74 Å². The minimum atomic E-state index is -0.744. The molecular weight excluding hydrogens is 399 g/mol. The Morgan fingerprint density at radius 1 is 1.32 bits per heavy atom. The number of likely N-dealkylation sites (tertiary alicyclic amines) is 1. The van der Waals surface area contributed by atoms with Crippen LogP contribution in [0.3, 0.4) is 0 Å². The molecule has 0 N–H and O–H groups in total. The highest BCUT2D eigenvalue weighted by Gasteiger charge is 2.67. The normalized spacial score (nSPS) is 28.4. The summed E-state index contributed by atoms with van der Waals surface area (Å²) in [7, 11) is 3.64. The van der Waals surface area contributed by atoms with Crippen LogP contribution in [0.4, 0.5) is 4.39 Å². The lowest BCUT2D eigenvalue weighted by Gasteiger charge is -2.27. The van der Waals surface area contributed by atoms with Crippen LogP contribution in [0.25, 0.3) is 0 Å². The molecule has 0 saturated carbocycles. The molecule has 162 valence electrons. The van der Waals surface area contributed by atoms with Crippen molar-refractivity contribution in [2.45, 2.75) is 24.7 Å². The molecule has 0 unspecified atom stereocenters. The highest BCUT2D eigenvalue weighted by Crippen LogP contribution is 2.52. The monoisotopic (exact) mass is 424 g/mol. The number of hydrogen-bond acceptors (Lipinski definition) is 4. The van der Waals surface area contributed by atoms with Crippen LogP contribution in [0, 0.1) is 17.7 Å². The third-order valence-electron chi connectivity index (χ3n) is 6.62. The van der Waals surface area contributed by atoms with Crippen molar-refractivity contribution >= 4 is 11.8 Å². The molecule has 2 saturated heterocycles. The maximum atomic E-state index is 13.3. The van der Waals surface area contributed by atoms with Crippen LogP contribution >= 0.6 is 0 Å². The first-order chi connectivity index (χ1) is 14.9. The fourth-order valence-corrected chi connectivity index (χ4v) is 5.07. The molecule has 3 aliphatic rings. The summed E-state index contributed by atoms with van der Waals surface area (Å²) in [5, 5.41) is 4.16. The number of rotatable bonds is 6. The van der Waals surface area contributed by atoms with Crippen molar-refractivity contribution < 1.29 is 18.7 Å².